The van der Waals surface area contributed by atoms with Crippen LogP contribution in [0.5, 0.6) is 0 Å². The number of quaternary nitrogens is 1. The van der Waals surface area contributed by atoms with E-state index in [0.717, 1.165) is 116 Å². The molecule has 0 saturated carbocycles. The molecule has 0 bridgehead atoms. The van der Waals surface area contributed by atoms with Crippen LogP contribution in [-0.2, 0) is 33.3 Å². The van der Waals surface area contributed by atoms with E-state index in [0.29, 0.717) is 23.9 Å². The van der Waals surface area contributed by atoms with Crippen LogP contribution in [0.1, 0.15) is 335 Å². The van der Waals surface area contributed by atoms with E-state index in [1.165, 1.54) is 186 Å². The molecule has 0 spiro atoms. The zero-order valence-corrected chi connectivity index (χ0v) is 63.4. The number of likely N-dealkylation sites (N-methyl/N-ethyl adjacent to an activating group) is 1. The molecule has 0 aliphatic carbocycles. The van der Waals surface area contributed by atoms with Gasteiger partial charge < -0.3 is 28.5 Å². The Labute approximate surface area is 598 Å². The molecule has 97 heavy (non-hydrogen) atoms. The molecule has 0 heterocycles. The molecule has 0 aromatic heterocycles. The smallest absolute Gasteiger partial charge is 0.361 e. The number of hydrogen-bond acceptors (Lipinski definition) is 7. The van der Waals surface area contributed by atoms with Crippen molar-refractivity contribution in [1.82, 2.24) is 0 Å². The summed E-state index contributed by atoms with van der Waals surface area (Å²) < 4.78 is 23.0. The first-order chi connectivity index (χ1) is 47.6. The van der Waals surface area contributed by atoms with E-state index in [1.807, 2.05) is 21.1 Å². The fraction of sp³-hybridized carbons (Fsp3) is 0.693. The van der Waals surface area contributed by atoms with Crippen LogP contribution in [0.2, 0.25) is 0 Å². The lowest BCUT2D eigenvalue weighted by molar-refractivity contribution is -0.870. The highest BCUT2D eigenvalue weighted by molar-refractivity contribution is 5.71. The quantitative estimate of drug-likeness (QED) is 0.0211. The van der Waals surface area contributed by atoms with Gasteiger partial charge in [-0.25, -0.2) is 4.79 Å². The lowest BCUT2D eigenvalue weighted by Crippen LogP contribution is -2.40. The van der Waals surface area contributed by atoms with Crippen LogP contribution in [0.4, 0.5) is 0 Å². The predicted octanol–water partition coefficient (Wildman–Crippen LogP) is 25.8. The molecule has 0 aliphatic rings. The molecular formula is C88H150NO8+. The van der Waals surface area contributed by atoms with Gasteiger partial charge >= 0.3 is 17.9 Å². The molecule has 1 N–H and O–H groups in total. The first kappa shape index (κ1) is 92.2. The van der Waals surface area contributed by atoms with Gasteiger partial charge in [-0.05, 0) is 122 Å². The first-order valence-corrected chi connectivity index (χ1v) is 40.0. The maximum Gasteiger partial charge on any atom is 0.361 e. The number of aliphatic carboxylic acids is 1. The highest BCUT2D eigenvalue weighted by Crippen LogP contribution is 2.18. The molecule has 0 aromatic carbocycles. The van der Waals surface area contributed by atoms with Gasteiger partial charge in [0, 0.05) is 12.8 Å². The van der Waals surface area contributed by atoms with E-state index < -0.39 is 24.3 Å². The van der Waals surface area contributed by atoms with Crippen LogP contribution >= 0.6 is 0 Å². The van der Waals surface area contributed by atoms with Crippen molar-refractivity contribution in [3.63, 3.8) is 0 Å². The number of carboxylic acids is 1. The van der Waals surface area contributed by atoms with Gasteiger partial charge in [-0.1, -0.05) is 346 Å². The summed E-state index contributed by atoms with van der Waals surface area (Å²) in [6.45, 7) is 4.76. The Balaban J connectivity index is 4.09. The maximum absolute atomic E-state index is 13.0. The first-order valence-electron chi connectivity index (χ1n) is 40.0. The second kappa shape index (κ2) is 76.9. The van der Waals surface area contributed by atoms with E-state index in [1.54, 1.807) is 0 Å². The minimum absolute atomic E-state index is 0.180. The summed E-state index contributed by atoms with van der Waals surface area (Å²) in [6.07, 6.45) is 110. The Bertz CT molecular complexity index is 2110. The number of carbonyl (C=O) groups is 3. The normalized spacial score (nSPS) is 13.5. The number of unbranched alkanes of at least 4 members (excludes halogenated alkanes) is 34. The molecule has 2 unspecified atom stereocenters. The molecule has 554 valence electrons. The number of carbonyl (C=O) groups excluding carboxylic acids is 2. The molecular weight excluding hydrogens is 1200 g/mol. The average Bonchev–Trinajstić information content (AvgIpc) is 3.74. The van der Waals surface area contributed by atoms with E-state index in [2.05, 4.69) is 160 Å². The fourth-order valence-electron chi connectivity index (χ4n) is 11.0. The van der Waals surface area contributed by atoms with Gasteiger partial charge in [0.2, 0.25) is 0 Å². The molecule has 0 amide bonds. The molecule has 9 nitrogen and oxygen atoms in total. The van der Waals surface area contributed by atoms with Crippen LogP contribution in [-0.4, -0.2) is 87.4 Å². The SMILES string of the molecule is CC/C=C\C/C=C\C/C=C\C/C=C\C/C=C\C/C=C\C/C=C\C/C=C\C/C=C\CCCCCCCCCC(=O)OC(COC(=O)CCCCCCCCCCCCCCCCCCCCCCCC/C=C\C/C=C\C/C=C\CCCCCCC)COC(OCC[N+](C)(C)C)C(=O)O. The van der Waals surface area contributed by atoms with E-state index in [4.69, 9.17) is 18.9 Å². The van der Waals surface area contributed by atoms with E-state index >= 15 is 0 Å². The molecule has 0 radical (unpaired) electrons. The number of esters is 2. The van der Waals surface area contributed by atoms with Crippen LogP contribution < -0.4 is 0 Å². The third-order valence-corrected chi connectivity index (χ3v) is 17.1. The highest BCUT2D eigenvalue weighted by atomic mass is 16.7. The van der Waals surface area contributed by atoms with Crippen LogP contribution in [0.3, 0.4) is 0 Å². The summed E-state index contributed by atoms with van der Waals surface area (Å²) in [5, 5.41) is 9.77. The van der Waals surface area contributed by atoms with E-state index in [9.17, 15) is 19.5 Å². The molecule has 0 saturated heterocycles. The number of allylic oxidation sites excluding steroid dienone is 24. The molecule has 9 heteroatoms. The van der Waals surface area contributed by atoms with Crippen molar-refractivity contribution in [1.29, 1.82) is 0 Å². The summed E-state index contributed by atoms with van der Waals surface area (Å²) in [4.78, 5) is 37.7. The van der Waals surface area contributed by atoms with Gasteiger partial charge in [0.05, 0.1) is 34.4 Å². The number of carboxylic acid groups (broad SMARTS) is 1. The minimum atomic E-state index is -1.52. The number of ether oxygens (including phenoxy) is 4. The molecule has 0 rings (SSSR count). The van der Waals surface area contributed by atoms with Crippen LogP contribution in [0.25, 0.3) is 0 Å². The second-order valence-corrected chi connectivity index (χ2v) is 27.6. The zero-order chi connectivity index (χ0) is 70.4. The second-order valence-electron chi connectivity index (χ2n) is 27.6. The monoisotopic (exact) mass is 1350 g/mol. The van der Waals surface area contributed by atoms with Gasteiger partial charge in [0.1, 0.15) is 13.2 Å². The molecule has 2 atom stereocenters. The van der Waals surface area contributed by atoms with Gasteiger partial charge in [-0.3, -0.25) is 9.59 Å². The Morgan fingerprint density at radius 1 is 0.320 bits per heavy atom. The third kappa shape index (κ3) is 78.4. The molecule has 0 fully saturated rings. The van der Waals surface area contributed by atoms with Crippen molar-refractivity contribution in [2.75, 3.05) is 47.5 Å². The Morgan fingerprint density at radius 3 is 0.876 bits per heavy atom. The summed E-state index contributed by atoms with van der Waals surface area (Å²) in [5.74, 6) is -2.02. The maximum atomic E-state index is 13.0. The lowest BCUT2D eigenvalue weighted by Gasteiger charge is -2.25. The van der Waals surface area contributed by atoms with Crippen molar-refractivity contribution >= 4 is 17.9 Å². The van der Waals surface area contributed by atoms with Crippen molar-refractivity contribution in [3.05, 3.63) is 146 Å². The number of nitrogens with zero attached hydrogens (tertiary/aromatic N) is 1. The van der Waals surface area contributed by atoms with Crippen molar-refractivity contribution in [2.24, 2.45) is 0 Å². The summed E-state index contributed by atoms with van der Waals surface area (Å²) in [7, 11) is 5.98. The minimum Gasteiger partial charge on any atom is -0.477 e. The fourth-order valence-corrected chi connectivity index (χ4v) is 11.0. The van der Waals surface area contributed by atoms with Crippen molar-refractivity contribution in [2.45, 2.75) is 347 Å². The Hall–Kier alpha value is -4.83. The molecule has 0 aliphatic heterocycles. The summed E-state index contributed by atoms with van der Waals surface area (Å²) >= 11 is 0. The highest BCUT2D eigenvalue weighted by Gasteiger charge is 2.25. The largest absolute Gasteiger partial charge is 0.477 e. The third-order valence-electron chi connectivity index (χ3n) is 17.1. The zero-order valence-electron chi connectivity index (χ0n) is 63.4. The van der Waals surface area contributed by atoms with Gasteiger partial charge in [-0.15, -0.1) is 0 Å². The number of hydrogen-bond donors (Lipinski definition) is 1. The van der Waals surface area contributed by atoms with Gasteiger partial charge in [-0.2, -0.15) is 0 Å². The van der Waals surface area contributed by atoms with Gasteiger partial charge in [0.15, 0.2) is 6.10 Å². The topological polar surface area (TPSA) is 108 Å². The van der Waals surface area contributed by atoms with Gasteiger partial charge in [0.25, 0.3) is 6.29 Å². The average molecular weight is 1350 g/mol. The van der Waals surface area contributed by atoms with Crippen LogP contribution in [0, 0.1) is 0 Å². The Kier molecular flexibility index (Phi) is 73.1. The standard InChI is InChI=1S/C88H149NO8/c1-6-8-10-12-14-16-18-20-22-24-26-28-30-32-34-36-38-40-42-43-45-46-48-50-52-54-56-58-60-62-64-66-68-70-72-74-76-78-85(90)95-82-84(83-96-88(87(92)93)94-81-80-89(3,4)5)97-86(91)79-77-75-73-71-69-67-65-63-61-59-57-55-53-51-49-47-44-41-39-37-35-33-31-29-27-25-23-21-19-17-15-13-11-9-7-2/h9,11,15,17-18,20-21,23-24,26-27,29-30,32-33,35,39,41,47,49,53,55,59,61,84,88H,6-8,10,12-14,16,19,22,25,28,31,34,36-38,40,42-46,48,50-52,54,56-58,60,62-83H2,1-5H3/p+1/b11-9-,17-15-,20-18-,23-21-,26-24-,29-27-,32-30-,35-33-,41-39-,49-47-,55-53-,61-59-. The lowest BCUT2D eigenvalue weighted by atomic mass is 10.0. The predicted molar refractivity (Wildman–Crippen MR) is 419 cm³/mol. The van der Waals surface area contributed by atoms with E-state index in [-0.39, 0.29) is 32.2 Å². The summed E-state index contributed by atoms with van der Waals surface area (Å²) in [5.41, 5.74) is 0. The molecule has 0 aromatic rings. The summed E-state index contributed by atoms with van der Waals surface area (Å²) in [6, 6.07) is 0. The van der Waals surface area contributed by atoms with Crippen LogP contribution in [0.15, 0.2) is 146 Å². The number of rotatable bonds is 73. The van der Waals surface area contributed by atoms with Crippen molar-refractivity contribution in [3.8, 4) is 0 Å². The Morgan fingerprint density at radius 2 is 0.588 bits per heavy atom. The van der Waals surface area contributed by atoms with Crippen molar-refractivity contribution < 1.29 is 42.9 Å².